The predicted molar refractivity (Wildman–Crippen MR) is 92.3 cm³/mol. The standard InChI is InChI=1S/C19H21NO2S/c1-15-8-10-16(11-9-15)23(21,22)20-14-19(12-4-5-13-19)17-6-2-3-7-18(17)20/h2-3,6-11H,4-5,12-14H2,1H3. The van der Waals surface area contributed by atoms with Crippen molar-refractivity contribution in [3.8, 4) is 0 Å². The summed E-state index contributed by atoms with van der Waals surface area (Å²) in [5, 5.41) is 0. The van der Waals surface area contributed by atoms with Crippen molar-refractivity contribution in [2.45, 2.75) is 42.9 Å². The van der Waals surface area contributed by atoms with E-state index in [4.69, 9.17) is 0 Å². The summed E-state index contributed by atoms with van der Waals surface area (Å²) in [6.07, 6.45) is 4.55. The molecule has 4 heteroatoms. The molecular weight excluding hydrogens is 306 g/mol. The van der Waals surface area contributed by atoms with Gasteiger partial charge in [-0.1, -0.05) is 48.7 Å². The Morgan fingerprint density at radius 3 is 2.30 bits per heavy atom. The average Bonchev–Trinajstić information content (AvgIpc) is 3.15. The highest BCUT2D eigenvalue weighted by Crippen LogP contribution is 2.51. The number of hydrogen-bond donors (Lipinski definition) is 0. The summed E-state index contributed by atoms with van der Waals surface area (Å²) in [5.41, 5.74) is 3.18. The first-order valence-electron chi connectivity index (χ1n) is 8.22. The lowest BCUT2D eigenvalue weighted by molar-refractivity contribution is 0.477. The number of fused-ring (bicyclic) bond motifs is 2. The zero-order chi connectivity index (χ0) is 16.1. The van der Waals surface area contributed by atoms with Gasteiger partial charge in [-0.25, -0.2) is 8.42 Å². The van der Waals surface area contributed by atoms with Crippen LogP contribution in [0.3, 0.4) is 0 Å². The van der Waals surface area contributed by atoms with Gasteiger partial charge in [0.05, 0.1) is 10.6 Å². The molecule has 0 saturated heterocycles. The molecule has 2 aromatic rings. The van der Waals surface area contributed by atoms with Gasteiger partial charge in [-0.15, -0.1) is 0 Å². The van der Waals surface area contributed by atoms with E-state index >= 15 is 0 Å². The molecule has 1 aliphatic heterocycles. The van der Waals surface area contributed by atoms with Crippen LogP contribution >= 0.6 is 0 Å². The van der Waals surface area contributed by atoms with Crippen LogP contribution in [0.25, 0.3) is 0 Å². The van der Waals surface area contributed by atoms with Crippen molar-refractivity contribution in [1.29, 1.82) is 0 Å². The third-order valence-corrected chi connectivity index (χ3v) is 7.13. The Labute approximate surface area is 138 Å². The number of anilines is 1. The molecule has 1 saturated carbocycles. The lowest BCUT2D eigenvalue weighted by Gasteiger charge is -2.25. The molecule has 120 valence electrons. The fourth-order valence-corrected chi connectivity index (χ4v) is 5.69. The molecule has 0 atom stereocenters. The van der Waals surface area contributed by atoms with Crippen LogP contribution in [0.1, 0.15) is 36.8 Å². The number of rotatable bonds is 2. The molecular formula is C19H21NO2S. The van der Waals surface area contributed by atoms with E-state index in [1.165, 1.54) is 18.4 Å². The van der Waals surface area contributed by atoms with Crippen LogP contribution in [0.2, 0.25) is 0 Å². The van der Waals surface area contributed by atoms with Crippen LogP contribution < -0.4 is 4.31 Å². The van der Waals surface area contributed by atoms with E-state index in [2.05, 4.69) is 6.07 Å². The summed E-state index contributed by atoms with van der Waals surface area (Å²) in [6.45, 7) is 2.55. The first-order valence-corrected chi connectivity index (χ1v) is 9.66. The summed E-state index contributed by atoms with van der Waals surface area (Å²) < 4.78 is 28.0. The Balaban J connectivity index is 1.82. The summed E-state index contributed by atoms with van der Waals surface area (Å²) in [7, 11) is -3.50. The van der Waals surface area contributed by atoms with Crippen molar-refractivity contribution in [2.24, 2.45) is 0 Å². The Hall–Kier alpha value is -1.81. The zero-order valence-electron chi connectivity index (χ0n) is 13.3. The van der Waals surface area contributed by atoms with Crippen LogP contribution in [0.4, 0.5) is 5.69 Å². The maximum Gasteiger partial charge on any atom is 0.264 e. The third kappa shape index (κ3) is 2.19. The number of sulfonamides is 1. The van der Waals surface area contributed by atoms with Crippen molar-refractivity contribution < 1.29 is 8.42 Å². The summed E-state index contributed by atoms with van der Waals surface area (Å²) >= 11 is 0. The first kappa shape index (κ1) is 14.8. The molecule has 4 rings (SSSR count). The van der Waals surface area contributed by atoms with Gasteiger partial charge < -0.3 is 0 Å². The third-order valence-electron chi connectivity index (χ3n) is 5.36. The topological polar surface area (TPSA) is 37.4 Å². The minimum Gasteiger partial charge on any atom is -0.265 e. The maximum atomic E-state index is 13.2. The smallest absolute Gasteiger partial charge is 0.264 e. The number of hydrogen-bond acceptors (Lipinski definition) is 2. The van der Waals surface area contributed by atoms with Gasteiger partial charge in [-0.3, -0.25) is 4.31 Å². The van der Waals surface area contributed by atoms with Gasteiger partial charge in [0, 0.05) is 12.0 Å². The average molecular weight is 327 g/mol. The number of para-hydroxylation sites is 1. The molecule has 1 spiro atoms. The van der Waals surface area contributed by atoms with Crippen molar-refractivity contribution >= 4 is 15.7 Å². The van der Waals surface area contributed by atoms with Gasteiger partial charge >= 0.3 is 0 Å². The summed E-state index contributed by atoms with van der Waals surface area (Å²) in [4.78, 5) is 0.382. The fourth-order valence-electron chi connectivity index (χ4n) is 4.12. The highest BCUT2D eigenvalue weighted by atomic mass is 32.2. The maximum absolute atomic E-state index is 13.2. The van der Waals surface area contributed by atoms with Crippen LogP contribution in [-0.2, 0) is 15.4 Å². The molecule has 0 bridgehead atoms. The number of benzene rings is 2. The zero-order valence-corrected chi connectivity index (χ0v) is 14.1. The normalized spacial score (nSPS) is 19.3. The fraction of sp³-hybridized carbons (Fsp3) is 0.368. The monoisotopic (exact) mass is 327 g/mol. The highest BCUT2D eigenvalue weighted by molar-refractivity contribution is 7.92. The molecule has 1 aliphatic carbocycles. The van der Waals surface area contributed by atoms with Gasteiger partial charge in [0.25, 0.3) is 10.0 Å². The van der Waals surface area contributed by atoms with Crippen LogP contribution in [0.15, 0.2) is 53.4 Å². The SMILES string of the molecule is Cc1ccc(S(=O)(=O)N2CC3(CCCC3)c3ccccc32)cc1. The Bertz CT molecular complexity index is 834. The quantitative estimate of drug-likeness (QED) is 0.835. The van der Waals surface area contributed by atoms with Gasteiger partial charge in [-0.2, -0.15) is 0 Å². The lowest BCUT2D eigenvalue weighted by atomic mass is 9.81. The van der Waals surface area contributed by atoms with E-state index < -0.39 is 10.0 Å². The molecule has 2 aromatic carbocycles. The van der Waals surface area contributed by atoms with E-state index in [0.29, 0.717) is 11.4 Å². The molecule has 2 aliphatic rings. The summed E-state index contributed by atoms with van der Waals surface area (Å²) in [6, 6.07) is 15.2. The van der Waals surface area contributed by atoms with Crippen LogP contribution in [0.5, 0.6) is 0 Å². The van der Waals surface area contributed by atoms with Gasteiger partial charge in [0.15, 0.2) is 0 Å². The molecule has 1 fully saturated rings. The second kappa shape index (κ2) is 5.10. The predicted octanol–water partition coefficient (Wildman–Crippen LogP) is 4.02. The Morgan fingerprint density at radius 1 is 0.957 bits per heavy atom. The second-order valence-corrected chi connectivity index (χ2v) is 8.69. The van der Waals surface area contributed by atoms with E-state index in [1.807, 2.05) is 37.3 Å². The van der Waals surface area contributed by atoms with Gasteiger partial charge in [0.1, 0.15) is 0 Å². The molecule has 0 amide bonds. The lowest BCUT2D eigenvalue weighted by Crippen LogP contribution is -2.35. The van der Waals surface area contributed by atoms with Crippen molar-refractivity contribution in [3.05, 3.63) is 59.7 Å². The molecule has 0 aromatic heterocycles. The molecule has 3 nitrogen and oxygen atoms in total. The first-order chi connectivity index (χ1) is 11.0. The van der Waals surface area contributed by atoms with E-state index in [-0.39, 0.29) is 5.41 Å². The van der Waals surface area contributed by atoms with E-state index in [1.54, 1.807) is 16.4 Å². The Kier molecular flexibility index (Phi) is 3.27. The highest BCUT2D eigenvalue weighted by Gasteiger charge is 2.47. The summed E-state index contributed by atoms with van der Waals surface area (Å²) in [5.74, 6) is 0. The van der Waals surface area contributed by atoms with E-state index in [0.717, 1.165) is 24.1 Å². The molecule has 0 N–H and O–H groups in total. The van der Waals surface area contributed by atoms with Crippen molar-refractivity contribution in [1.82, 2.24) is 0 Å². The second-order valence-electron chi connectivity index (χ2n) is 6.83. The van der Waals surface area contributed by atoms with Gasteiger partial charge in [-0.05, 0) is 43.5 Å². The Morgan fingerprint density at radius 2 is 1.61 bits per heavy atom. The largest absolute Gasteiger partial charge is 0.265 e. The van der Waals surface area contributed by atoms with Crippen LogP contribution in [-0.4, -0.2) is 15.0 Å². The van der Waals surface area contributed by atoms with Crippen molar-refractivity contribution in [3.63, 3.8) is 0 Å². The minimum atomic E-state index is -3.50. The number of nitrogens with zero attached hydrogens (tertiary/aromatic N) is 1. The molecule has 23 heavy (non-hydrogen) atoms. The number of aryl methyl sites for hydroxylation is 1. The molecule has 0 unspecified atom stereocenters. The molecule has 1 heterocycles. The van der Waals surface area contributed by atoms with Crippen LogP contribution in [0, 0.1) is 6.92 Å². The van der Waals surface area contributed by atoms with Crippen molar-refractivity contribution in [2.75, 3.05) is 10.8 Å². The molecule has 0 radical (unpaired) electrons. The van der Waals surface area contributed by atoms with Gasteiger partial charge in [0.2, 0.25) is 0 Å². The van der Waals surface area contributed by atoms with E-state index in [9.17, 15) is 8.42 Å². The minimum absolute atomic E-state index is 0.0222.